The normalized spacial score (nSPS) is 12.3. The molecule has 0 radical (unpaired) electrons. The molecule has 0 aliphatic heterocycles. The van der Waals surface area contributed by atoms with Gasteiger partial charge in [0.2, 0.25) is 6.41 Å². The zero-order valence-electron chi connectivity index (χ0n) is 13.4. The smallest absolute Gasteiger partial charge is 0.210 e. The van der Waals surface area contributed by atoms with Crippen molar-refractivity contribution in [2.45, 2.75) is 52.2 Å². The number of hydrogen-bond acceptors (Lipinski definition) is 2. The summed E-state index contributed by atoms with van der Waals surface area (Å²) in [5, 5.41) is 1.18. The maximum Gasteiger partial charge on any atom is 0.210 e. The van der Waals surface area contributed by atoms with Crippen molar-refractivity contribution >= 4 is 23.6 Å². The molecule has 0 fully saturated rings. The van der Waals surface area contributed by atoms with Gasteiger partial charge in [0.25, 0.3) is 0 Å². The van der Waals surface area contributed by atoms with E-state index in [2.05, 4.69) is 36.7 Å². The predicted molar refractivity (Wildman–Crippen MR) is 88.6 cm³/mol. The average Bonchev–Trinajstić information content (AvgIpc) is 2.90. The lowest BCUT2D eigenvalue weighted by atomic mass is 10.1. The first kappa shape index (κ1) is 16.3. The quantitative estimate of drug-likeness (QED) is 0.526. The molecule has 1 atom stereocenters. The third-order valence-electron chi connectivity index (χ3n) is 4.24. The minimum atomic E-state index is 0.231. The van der Waals surface area contributed by atoms with Crippen LogP contribution in [0.5, 0.6) is 0 Å². The summed E-state index contributed by atoms with van der Waals surface area (Å²) >= 11 is 0. The molecule has 0 bridgehead atoms. The zero-order valence-corrected chi connectivity index (χ0v) is 13.4. The SMILES string of the molecule is CCC(C)N(C=O)Cc1cn(CCCC=O)c2ccccc12. The van der Waals surface area contributed by atoms with E-state index in [1.54, 1.807) is 0 Å². The van der Waals surface area contributed by atoms with Gasteiger partial charge in [0.15, 0.2) is 0 Å². The Balaban J connectivity index is 2.29. The lowest BCUT2D eigenvalue weighted by molar-refractivity contribution is -0.120. The van der Waals surface area contributed by atoms with Crippen molar-refractivity contribution in [3.63, 3.8) is 0 Å². The van der Waals surface area contributed by atoms with E-state index < -0.39 is 0 Å². The topological polar surface area (TPSA) is 42.3 Å². The number of amides is 1. The molecule has 22 heavy (non-hydrogen) atoms. The lowest BCUT2D eigenvalue weighted by Gasteiger charge is -2.23. The average molecular weight is 300 g/mol. The van der Waals surface area contributed by atoms with E-state index in [1.807, 2.05) is 17.0 Å². The van der Waals surface area contributed by atoms with Crippen LogP contribution in [0.15, 0.2) is 30.5 Å². The van der Waals surface area contributed by atoms with Gasteiger partial charge in [-0.05, 0) is 31.4 Å². The van der Waals surface area contributed by atoms with Gasteiger partial charge in [-0.15, -0.1) is 0 Å². The molecular formula is C18H24N2O2. The van der Waals surface area contributed by atoms with Gasteiger partial charge in [-0.2, -0.15) is 0 Å². The predicted octanol–water partition coefficient (Wildman–Crippen LogP) is 3.38. The molecule has 0 aliphatic rings. The van der Waals surface area contributed by atoms with Gasteiger partial charge in [-0.3, -0.25) is 4.79 Å². The summed E-state index contributed by atoms with van der Waals surface area (Å²) in [6.07, 6.45) is 6.38. The summed E-state index contributed by atoms with van der Waals surface area (Å²) in [7, 11) is 0. The third-order valence-corrected chi connectivity index (χ3v) is 4.24. The number of para-hydroxylation sites is 1. The van der Waals surface area contributed by atoms with Crippen LogP contribution < -0.4 is 0 Å². The standard InChI is InChI=1S/C18H24N2O2/c1-3-15(2)20(14-22)13-16-12-19(10-6-7-11-21)18-9-5-4-8-17(16)18/h4-5,8-9,11-12,14-15H,3,6-7,10,13H2,1-2H3. The molecule has 0 spiro atoms. The van der Waals surface area contributed by atoms with Gasteiger partial charge in [0.05, 0.1) is 0 Å². The van der Waals surface area contributed by atoms with Crippen molar-refractivity contribution in [2.75, 3.05) is 0 Å². The van der Waals surface area contributed by atoms with Crippen molar-refractivity contribution in [1.82, 2.24) is 9.47 Å². The maximum absolute atomic E-state index is 11.3. The highest BCUT2D eigenvalue weighted by atomic mass is 16.1. The van der Waals surface area contributed by atoms with E-state index in [4.69, 9.17) is 0 Å². The molecular weight excluding hydrogens is 276 g/mol. The van der Waals surface area contributed by atoms with Gasteiger partial charge in [0.1, 0.15) is 6.29 Å². The number of hydrogen-bond donors (Lipinski definition) is 0. The van der Waals surface area contributed by atoms with E-state index in [0.29, 0.717) is 13.0 Å². The lowest BCUT2D eigenvalue weighted by Crippen LogP contribution is -2.30. The molecule has 0 saturated carbocycles. The Labute approximate surface area is 131 Å². The summed E-state index contributed by atoms with van der Waals surface area (Å²) in [5.74, 6) is 0. The zero-order chi connectivity index (χ0) is 15.9. The fourth-order valence-corrected chi connectivity index (χ4v) is 2.71. The highest BCUT2D eigenvalue weighted by Crippen LogP contribution is 2.23. The van der Waals surface area contributed by atoms with Crippen LogP contribution in [-0.2, 0) is 22.7 Å². The molecule has 2 aromatic rings. The van der Waals surface area contributed by atoms with Crippen LogP contribution >= 0.6 is 0 Å². The Morgan fingerprint density at radius 2 is 2.05 bits per heavy atom. The largest absolute Gasteiger partial charge is 0.347 e. The summed E-state index contributed by atoms with van der Waals surface area (Å²) in [6.45, 7) is 5.60. The fourth-order valence-electron chi connectivity index (χ4n) is 2.71. The molecule has 1 aromatic heterocycles. The number of aryl methyl sites for hydroxylation is 1. The van der Waals surface area contributed by atoms with Crippen LogP contribution in [0.3, 0.4) is 0 Å². The van der Waals surface area contributed by atoms with Crippen LogP contribution in [0, 0.1) is 0 Å². The molecule has 0 aliphatic carbocycles. The Bertz CT molecular complexity index is 633. The summed E-state index contributed by atoms with van der Waals surface area (Å²) in [5.41, 5.74) is 2.33. The van der Waals surface area contributed by atoms with Crippen molar-refractivity contribution in [3.05, 3.63) is 36.0 Å². The summed E-state index contributed by atoms with van der Waals surface area (Å²) in [6, 6.07) is 8.47. The number of rotatable bonds is 9. The highest BCUT2D eigenvalue weighted by molar-refractivity contribution is 5.84. The molecule has 2 rings (SSSR count). The van der Waals surface area contributed by atoms with Crippen molar-refractivity contribution < 1.29 is 9.59 Å². The molecule has 1 unspecified atom stereocenters. The molecule has 1 heterocycles. The van der Waals surface area contributed by atoms with Crippen LogP contribution in [0.2, 0.25) is 0 Å². The van der Waals surface area contributed by atoms with Gasteiger partial charge in [0, 0.05) is 42.7 Å². The van der Waals surface area contributed by atoms with Crippen molar-refractivity contribution in [2.24, 2.45) is 0 Å². The van der Waals surface area contributed by atoms with E-state index in [9.17, 15) is 9.59 Å². The Hall–Kier alpha value is -2.10. The van der Waals surface area contributed by atoms with E-state index >= 15 is 0 Å². The monoisotopic (exact) mass is 300 g/mol. The molecule has 4 nitrogen and oxygen atoms in total. The first-order valence-electron chi connectivity index (χ1n) is 7.92. The molecule has 4 heteroatoms. The highest BCUT2D eigenvalue weighted by Gasteiger charge is 2.14. The van der Waals surface area contributed by atoms with E-state index in [0.717, 1.165) is 37.6 Å². The van der Waals surface area contributed by atoms with Crippen LogP contribution in [0.4, 0.5) is 0 Å². The minimum Gasteiger partial charge on any atom is -0.347 e. The van der Waals surface area contributed by atoms with E-state index in [-0.39, 0.29) is 6.04 Å². The number of carbonyl (C=O) groups is 2. The number of carbonyl (C=O) groups excluding carboxylic acids is 2. The number of benzene rings is 1. The van der Waals surface area contributed by atoms with Gasteiger partial charge in [-0.25, -0.2) is 0 Å². The molecule has 1 amide bonds. The minimum absolute atomic E-state index is 0.231. The Kier molecular flexibility index (Phi) is 5.75. The second kappa shape index (κ2) is 7.78. The molecule has 0 N–H and O–H groups in total. The number of unbranched alkanes of at least 4 members (excludes halogenated alkanes) is 1. The maximum atomic E-state index is 11.3. The van der Waals surface area contributed by atoms with Crippen LogP contribution in [-0.4, -0.2) is 28.2 Å². The third kappa shape index (κ3) is 3.56. The first-order valence-corrected chi connectivity index (χ1v) is 7.92. The fraction of sp³-hybridized carbons (Fsp3) is 0.444. The second-order valence-electron chi connectivity index (χ2n) is 5.71. The second-order valence-corrected chi connectivity index (χ2v) is 5.71. The molecule has 0 saturated heterocycles. The van der Waals surface area contributed by atoms with Crippen LogP contribution in [0.1, 0.15) is 38.7 Å². The Morgan fingerprint density at radius 1 is 1.27 bits per heavy atom. The van der Waals surface area contributed by atoms with Gasteiger partial charge in [-0.1, -0.05) is 25.1 Å². The van der Waals surface area contributed by atoms with Crippen LogP contribution in [0.25, 0.3) is 10.9 Å². The van der Waals surface area contributed by atoms with Crippen molar-refractivity contribution in [3.8, 4) is 0 Å². The number of aldehydes is 1. The van der Waals surface area contributed by atoms with E-state index in [1.165, 1.54) is 10.9 Å². The van der Waals surface area contributed by atoms with Crippen molar-refractivity contribution in [1.29, 1.82) is 0 Å². The van der Waals surface area contributed by atoms with Gasteiger partial charge >= 0.3 is 0 Å². The Morgan fingerprint density at radius 3 is 2.73 bits per heavy atom. The number of nitrogens with zero attached hydrogens (tertiary/aromatic N) is 2. The first-order chi connectivity index (χ1) is 10.7. The molecule has 118 valence electrons. The summed E-state index contributed by atoms with van der Waals surface area (Å²) < 4.78 is 2.19. The number of fused-ring (bicyclic) bond motifs is 1. The molecule has 1 aromatic carbocycles. The summed E-state index contributed by atoms with van der Waals surface area (Å²) in [4.78, 5) is 23.7. The van der Waals surface area contributed by atoms with Gasteiger partial charge < -0.3 is 14.3 Å². The number of aromatic nitrogens is 1.